The molecule has 0 spiro atoms. The van der Waals surface area contributed by atoms with Gasteiger partial charge in [-0.05, 0) is 53.0 Å². The van der Waals surface area contributed by atoms with Crippen molar-refractivity contribution in [1.29, 1.82) is 0 Å². The normalized spacial score (nSPS) is 23.3. The van der Waals surface area contributed by atoms with Crippen molar-refractivity contribution >= 4 is 28.4 Å². The Morgan fingerprint density at radius 1 is 1.31 bits per heavy atom. The fourth-order valence-electron chi connectivity index (χ4n) is 2.63. The molecule has 1 aliphatic carbocycles. The monoisotopic (exact) mass is 328 g/mol. The summed E-state index contributed by atoms with van der Waals surface area (Å²) in [5, 5.41) is 0. The van der Waals surface area contributed by atoms with E-state index in [1.54, 1.807) is 0 Å². The van der Waals surface area contributed by atoms with Gasteiger partial charge in [-0.15, -0.1) is 0 Å². The fourth-order valence-corrected chi connectivity index (χ4v) is 2.99. The van der Waals surface area contributed by atoms with Crippen LogP contribution in [0, 0.1) is 14.9 Å². The zero-order chi connectivity index (χ0) is 11.8. The number of hydrogen-bond donors (Lipinski definition) is 0. The van der Waals surface area contributed by atoms with E-state index in [-0.39, 0.29) is 11.3 Å². The summed E-state index contributed by atoms with van der Waals surface area (Å²) in [5.74, 6) is 0.548. The van der Waals surface area contributed by atoms with Gasteiger partial charge in [0.05, 0.1) is 0 Å². The van der Waals surface area contributed by atoms with E-state index in [1.165, 1.54) is 16.4 Å². The van der Waals surface area contributed by atoms with E-state index in [0.29, 0.717) is 5.78 Å². The lowest BCUT2D eigenvalue weighted by atomic mass is 9.78. The van der Waals surface area contributed by atoms with Crippen molar-refractivity contribution < 1.29 is 4.79 Å². The number of carbonyl (C=O) groups is 1. The Hall–Kier alpha value is -0.380. The van der Waals surface area contributed by atoms with Gasteiger partial charge in [-0.25, -0.2) is 0 Å². The minimum atomic E-state index is 0.181. The molecule has 1 aromatic carbocycles. The number of Topliss-reactive ketones (excluding diaryl/α,β-unsaturated/α-hetero) is 1. The van der Waals surface area contributed by atoms with Crippen molar-refractivity contribution in [3.63, 3.8) is 0 Å². The predicted octanol–water partition coefficient (Wildman–Crippen LogP) is 4.30. The summed E-state index contributed by atoms with van der Waals surface area (Å²) in [6.07, 6.45) is 3.42. The maximum absolute atomic E-state index is 12.4. The molecule has 1 aromatic rings. The highest BCUT2D eigenvalue weighted by Crippen LogP contribution is 2.44. The maximum Gasteiger partial charge on any atom is 0.166 e. The number of carbonyl (C=O) groups excluding carboxylic acids is 1. The zero-order valence-corrected chi connectivity index (χ0v) is 12.0. The lowest BCUT2D eigenvalue weighted by molar-refractivity contribution is 0.0839. The highest BCUT2D eigenvalue weighted by molar-refractivity contribution is 14.1. The van der Waals surface area contributed by atoms with Crippen molar-refractivity contribution in [1.82, 2.24) is 0 Å². The van der Waals surface area contributed by atoms with Crippen LogP contribution in [0.2, 0.25) is 0 Å². The van der Waals surface area contributed by atoms with Gasteiger partial charge in [0.1, 0.15) is 0 Å². The molecule has 1 atom stereocenters. The van der Waals surface area contributed by atoms with Crippen molar-refractivity contribution in [3.8, 4) is 0 Å². The average Bonchev–Trinajstić information content (AvgIpc) is 2.58. The van der Waals surface area contributed by atoms with E-state index < -0.39 is 0 Å². The van der Waals surface area contributed by atoms with Crippen LogP contribution in [0.1, 0.15) is 43.5 Å². The number of benzene rings is 1. The van der Waals surface area contributed by atoms with Crippen LogP contribution in [-0.2, 0) is 0 Å². The van der Waals surface area contributed by atoms with Crippen LogP contribution in [0.4, 0.5) is 0 Å². The molecular formula is C14H17IO. The molecule has 2 heteroatoms. The molecule has 1 fully saturated rings. The second-order valence-electron chi connectivity index (χ2n) is 5.30. The highest BCUT2D eigenvalue weighted by Gasteiger charge is 2.39. The van der Waals surface area contributed by atoms with E-state index in [9.17, 15) is 4.79 Å². The summed E-state index contributed by atoms with van der Waals surface area (Å²) >= 11 is 2.26. The van der Waals surface area contributed by atoms with Crippen LogP contribution in [0.3, 0.4) is 0 Å². The van der Waals surface area contributed by atoms with Crippen molar-refractivity contribution in [2.24, 2.45) is 11.3 Å². The fraction of sp³-hybridized carbons (Fsp3) is 0.500. The molecule has 0 radical (unpaired) electrons. The van der Waals surface area contributed by atoms with E-state index in [4.69, 9.17) is 0 Å². The first-order valence-electron chi connectivity index (χ1n) is 5.80. The van der Waals surface area contributed by atoms with E-state index >= 15 is 0 Å². The smallest absolute Gasteiger partial charge is 0.166 e. The van der Waals surface area contributed by atoms with Crippen LogP contribution in [-0.4, -0.2) is 5.78 Å². The van der Waals surface area contributed by atoms with Gasteiger partial charge in [0, 0.05) is 15.1 Å². The van der Waals surface area contributed by atoms with E-state index in [2.05, 4.69) is 36.4 Å². The van der Waals surface area contributed by atoms with E-state index in [0.717, 1.165) is 12.0 Å². The molecule has 86 valence electrons. The van der Waals surface area contributed by atoms with Gasteiger partial charge in [0.15, 0.2) is 5.78 Å². The van der Waals surface area contributed by atoms with Gasteiger partial charge in [-0.1, -0.05) is 32.4 Å². The van der Waals surface area contributed by atoms with Crippen LogP contribution in [0.5, 0.6) is 0 Å². The van der Waals surface area contributed by atoms with Crippen LogP contribution in [0.15, 0.2) is 24.3 Å². The third kappa shape index (κ3) is 2.31. The Kier molecular flexibility index (Phi) is 3.38. The second-order valence-corrected chi connectivity index (χ2v) is 6.55. The largest absolute Gasteiger partial charge is 0.294 e. The number of hydrogen-bond acceptors (Lipinski definition) is 1. The molecule has 2 rings (SSSR count). The molecule has 1 aliphatic rings. The SMILES string of the molecule is CC1(C)CCCC1C(=O)c1ccc(I)cc1. The van der Waals surface area contributed by atoms with Crippen LogP contribution >= 0.6 is 22.6 Å². The first kappa shape index (κ1) is 12.1. The molecular weight excluding hydrogens is 311 g/mol. The minimum absolute atomic E-state index is 0.181. The Bertz CT molecular complexity index is 392. The van der Waals surface area contributed by atoms with E-state index in [1.807, 2.05) is 24.3 Å². The van der Waals surface area contributed by atoms with Gasteiger partial charge in [-0.2, -0.15) is 0 Å². The zero-order valence-electron chi connectivity index (χ0n) is 9.79. The van der Waals surface area contributed by atoms with Gasteiger partial charge in [0.2, 0.25) is 0 Å². The number of halogens is 1. The molecule has 1 saturated carbocycles. The Balaban J connectivity index is 2.22. The molecule has 0 saturated heterocycles. The molecule has 0 aliphatic heterocycles. The molecule has 1 nitrogen and oxygen atoms in total. The third-order valence-corrected chi connectivity index (χ3v) is 4.42. The quantitative estimate of drug-likeness (QED) is 0.584. The maximum atomic E-state index is 12.4. The minimum Gasteiger partial charge on any atom is -0.294 e. The molecule has 0 heterocycles. The third-order valence-electron chi connectivity index (χ3n) is 3.70. The Labute approximate surface area is 111 Å². The topological polar surface area (TPSA) is 17.1 Å². The highest BCUT2D eigenvalue weighted by atomic mass is 127. The molecule has 0 aromatic heterocycles. The molecule has 0 amide bonds. The lowest BCUT2D eigenvalue weighted by Crippen LogP contribution is -2.25. The van der Waals surface area contributed by atoms with Gasteiger partial charge in [-0.3, -0.25) is 4.79 Å². The summed E-state index contributed by atoms with van der Waals surface area (Å²) in [6, 6.07) is 7.93. The first-order valence-corrected chi connectivity index (χ1v) is 6.88. The standard InChI is InChI=1S/C14H17IO/c1-14(2)9-3-4-12(14)13(16)10-5-7-11(15)8-6-10/h5-8,12H,3-4,9H2,1-2H3. The summed E-state index contributed by atoms with van der Waals surface area (Å²) in [7, 11) is 0. The number of ketones is 1. The van der Waals surface area contributed by atoms with Crippen molar-refractivity contribution in [2.45, 2.75) is 33.1 Å². The molecule has 0 bridgehead atoms. The van der Waals surface area contributed by atoms with Crippen molar-refractivity contribution in [3.05, 3.63) is 33.4 Å². The number of rotatable bonds is 2. The summed E-state index contributed by atoms with van der Waals surface area (Å²) < 4.78 is 1.18. The first-order chi connectivity index (χ1) is 7.50. The average molecular weight is 328 g/mol. The molecule has 1 unspecified atom stereocenters. The van der Waals surface area contributed by atoms with Gasteiger partial charge >= 0.3 is 0 Å². The van der Waals surface area contributed by atoms with Gasteiger partial charge in [0.25, 0.3) is 0 Å². The summed E-state index contributed by atoms with van der Waals surface area (Å²) in [6.45, 7) is 4.44. The summed E-state index contributed by atoms with van der Waals surface area (Å²) in [5.41, 5.74) is 1.06. The Morgan fingerprint density at radius 2 is 1.94 bits per heavy atom. The molecule has 0 N–H and O–H groups in total. The molecule has 16 heavy (non-hydrogen) atoms. The Morgan fingerprint density at radius 3 is 2.44 bits per heavy atom. The summed E-state index contributed by atoms with van der Waals surface area (Å²) in [4.78, 5) is 12.4. The predicted molar refractivity (Wildman–Crippen MR) is 74.6 cm³/mol. The lowest BCUT2D eigenvalue weighted by Gasteiger charge is -2.25. The second kappa shape index (κ2) is 4.47. The van der Waals surface area contributed by atoms with Crippen LogP contribution < -0.4 is 0 Å². The van der Waals surface area contributed by atoms with Crippen LogP contribution in [0.25, 0.3) is 0 Å². The van der Waals surface area contributed by atoms with Gasteiger partial charge < -0.3 is 0 Å². The van der Waals surface area contributed by atoms with Crippen molar-refractivity contribution in [2.75, 3.05) is 0 Å².